The first-order chi connectivity index (χ1) is 32.8. The van der Waals surface area contributed by atoms with Crippen molar-refractivity contribution in [3.8, 4) is 17.1 Å². The number of para-hydroxylation sites is 1. The van der Waals surface area contributed by atoms with Crippen LogP contribution in [0.15, 0.2) is 127 Å². The van der Waals surface area contributed by atoms with Crippen LogP contribution in [-0.4, -0.2) is 54.9 Å². The minimum absolute atomic E-state index is 0.00768. The average Bonchev–Trinajstić information content (AvgIpc) is 3.95. The molecule has 7 aromatic rings. The van der Waals surface area contributed by atoms with Crippen molar-refractivity contribution in [2.75, 3.05) is 18.5 Å². The number of hydrogen-bond donors (Lipinski definition) is 4. The predicted octanol–water partition coefficient (Wildman–Crippen LogP) is 11.5. The summed E-state index contributed by atoms with van der Waals surface area (Å²) in [7, 11) is 0. The molecule has 2 aromatic heterocycles. The molecule has 0 unspecified atom stereocenters. The van der Waals surface area contributed by atoms with Crippen LogP contribution in [0.5, 0.6) is 5.75 Å². The van der Waals surface area contributed by atoms with Crippen LogP contribution >= 0.6 is 23.2 Å². The zero-order valence-corrected chi connectivity index (χ0v) is 41.3. The van der Waals surface area contributed by atoms with E-state index >= 15 is 0 Å². The van der Waals surface area contributed by atoms with Gasteiger partial charge in [0.2, 0.25) is 0 Å². The summed E-state index contributed by atoms with van der Waals surface area (Å²) in [5.41, 5.74) is 13.2. The standard InChI is InChI=1S/C25H28ClFN2O2.C15H14FNO3.C14H18ClN3/c1-25(2,3)24-16-21(29(28-24)20-6-4-5-19(26)15-20)9-10-22(31)13-17-7-8-18(11-12-30)23(27)14-17;16-14-10-12(7-6-11(14)8-9-18)17-15(19)20-13-4-2-1-3-5-13;1-14(2,3)13-8-12(9-16)18(17-13)11-6-4-5-10(15)7-11/h4-8,14-16,30H,9-13H2,1-3H3;1-7,10,18H,8-9H2,(H,17,19);4-8H,9,16H2,1-3H3. The van der Waals surface area contributed by atoms with E-state index in [1.165, 1.54) is 18.2 Å². The van der Waals surface area contributed by atoms with Gasteiger partial charge in [-0.1, -0.05) is 113 Å². The van der Waals surface area contributed by atoms with Crippen molar-refractivity contribution in [2.45, 2.75) is 91.0 Å². The zero-order valence-electron chi connectivity index (χ0n) is 39.8. The lowest BCUT2D eigenvalue weighted by Crippen LogP contribution is -2.16. The summed E-state index contributed by atoms with van der Waals surface area (Å²) < 4.78 is 36.4. The Labute approximate surface area is 412 Å². The van der Waals surface area contributed by atoms with E-state index in [4.69, 9.17) is 49.0 Å². The Morgan fingerprint density at radius 1 is 0.652 bits per heavy atom. The largest absolute Gasteiger partial charge is 0.417 e. The van der Waals surface area contributed by atoms with Crippen molar-refractivity contribution >= 4 is 40.8 Å². The Kier molecular flexibility index (Phi) is 19.4. The van der Waals surface area contributed by atoms with Crippen molar-refractivity contribution < 1.29 is 33.3 Å². The number of aliphatic hydroxyl groups is 2. The molecule has 0 saturated carbocycles. The summed E-state index contributed by atoms with van der Waals surface area (Å²) in [6, 6.07) is 36.8. The highest BCUT2D eigenvalue weighted by Gasteiger charge is 2.22. The lowest BCUT2D eigenvalue weighted by atomic mass is 9.92. The van der Waals surface area contributed by atoms with Gasteiger partial charge in [0.25, 0.3) is 0 Å². The smallest absolute Gasteiger partial charge is 0.410 e. The van der Waals surface area contributed by atoms with Gasteiger partial charge in [-0.2, -0.15) is 10.2 Å². The third kappa shape index (κ3) is 16.2. The number of anilines is 1. The van der Waals surface area contributed by atoms with E-state index < -0.39 is 11.9 Å². The minimum atomic E-state index is -0.689. The second-order valence-corrected chi connectivity index (χ2v) is 19.1. The van der Waals surface area contributed by atoms with Gasteiger partial charge >= 0.3 is 6.09 Å². The summed E-state index contributed by atoms with van der Waals surface area (Å²) in [6.07, 6.45) is 0.846. The molecule has 1 amide bonds. The Morgan fingerprint density at radius 3 is 1.67 bits per heavy atom. The molecule has 5 aromatic carbocycles. The van der Waals surface area contributed by atoms with Gasteiger partial charge in [-0.25, -0.2) is 22.9 Å². The highest BCUT2D eigenvalue weighted by atomic mass is 35.5. The summed E-state index contributed by atoms with van der Waals surface area (Å²) in [5, 5.41) is 30.9. The number of aromatic nitrogens is 4. The van der Waals surface area contributed by atoms with Gasteiger partial charge in [0, 0.05) is 64.9 Å². The Bertz CT molecular complexity index is 2800. The monoisotopic (exact) mass is 980 g/mol. The average molecular weight is 982 g/mol. The molecule has 0 aliphatic carbocycles. The first-order valence-corrected chi connectivity index (χ1v) is 23.3. The van der Waals surface area contributed by atoms with E-state index in [2.05, 4.69) is 58.0 Å². The molecule has 0 spiro atoms. The number of rotatable bonds is 14. The lowest BCUT2D eigenvalue weighted by molar-refractivity contribution is -0.118. The third-order valence-electron chi connectivity index (χ3n) is 10.6. The van der Waals surface area contributed by atoms with Crippen LogP contribution in [0.1, 0.15) is 87.4 Å². The number of Topliss-reactive ketones (excluding diaryl/α,β-unsaturated/α-hetero) is 1. The number of halogens is 4. The number of carbonyl (C=O) groups is 2. The molecule has 11 nitrogen and oxygen atoms in total. The number of nitrogens with zero attached hydrogens (tertiary/aromatic N) is 4. The predicted molar refractivity (Wildman–Crippen MR) is 270 cm³/mol. The number of ketones is 1. The number of benzene rings is 5. The molecule has 69 heavy (non-hydrogen) atoms. The van der Waals surface area contributed by atoms with Crippen molar-refractivity contribution in [3.63, 3.8) is 0 Å². The molecule has 0 saturated heterocycles. The van der Waals surface area contributed by atoms with Gasteiger partial charge in [0.05, 0.1) is 28.5 Å². The minimum Gasteiger partial charge on any atom is -0.410 e. The van der Waals surface area contributed by atoms with E-state index in [0.29, 0.717) is 57.6 Å². The first-order valence-electron chi connectivity index (χ1n) is 22.5. The van der Waals surface area contributed by atoms with Gasteiger partial charge in [-0.3, -0.25) is 10.1 Å². The molecule has 0 atom stereocenters. The van der Waals surface area contributed by atoms with Crippen LogP contribution in [0.4, 0.5) is 19.3 Å². The highest BCUT2D eigenvalue weighted by molar-refractivity contribution is 6.31. The number of nitrogens with one attached hydrogen (secondary N) is 1. The second kappa shape index (κ2) is 24.9. The number of ether oxygens (including phenoxy) is 1. The molecular formula is C54H60Cl2F2N6O5. The first kappa shape index (κ1) is 53.7. The topological polar surface area (TPSA) is 158 Å². The van der Waals surface area contributed by atoms with Gasteiger partial charge < -0.3 is 20.7 Å². The Morgan fingerprint density at radius 2 is 1.17 bits per heavy atom. The molecule has 0 radical (unpaired) electrons. The fourth-order valence-corrected chi connectivity index (χ4v) is 7.22. The summed E-state index contributed by atoms with van der Waals surface area (Å²) in [6.45, 7) is 12.9. The lowest BCUT2D eigenvalue weighted by Gasteiger charge is -2.14. The van der Waals surface area contributed by atoms with E-state index in [9.17, 15) is 18.4 Å². The Hall–Kier alpha value is -6.22. The number of carbonyl (C=O) groups excluding carboxylic acids is 2. The number of nitrogens with two attached hydrogens (primary N) is 1. The summed E-state index contributed by atoms with van der Waals surface area (Å²) >= 11 is 12.2. The molecule has 0 aliphatic heterocycles. The molecule has 364 valence electrons. The molecule has 7 rings (SSSR count). The van der Waals surface area contributed by atoms with Crippen LogP contribution in [0, 0.1) is 11.6 Å². The third-order valence-corrected chi connectivity index (χ3v) is 11.1. The number of amides is 1. The SMILES string of the molecule is CC(C)(C)c1cc(CCC(=O)Cc2ccc(CCO)c(F)c2)n(-c2cccc(Cl)c2)n1.CC(C)(C)c1cc(CN)n(-c2cccc(Cl)c2)n1.O=C(Nc1ccc(CCO)c(F)c1)Oc1ccccc1. The maximum atomic E-state index is 14.1. The van der Waals surface area contributed by atoms with Crippen molar-refractivity contribution in [1.82, 2.24) is 19.6 Å². The summed E-state index contributed by atoms with van der Waals surface area (Å²) in [4.78, 5) is 24.2. The molecule has 0 fully saturated rings. The van der Waals surface area contributed by atoms with Crippen LogP contribution < -0.4 is 15.8 Å². The molecule has 15 heteroatoms. The van der Waals surface area contributed by atoms with E-state index in [1.807, 2.05) is 64.0 Å². The second-order valence-electron chi connectivity index (χ2n) is 18.3. The maximum Gasteiger partial charge on any atom is 0.417 e. The van der Waals surface area contributed by atoms with E-state index in [-0.39, 0.29) is 54.9 Å². The van der Waals surface area contributed by atoms with Gasteiger partial charge in [0.15, 0.2) is 0 Å². The fourth-order valence-electron chi connectivity index (χ4n) is 6.85. The quantitative estimate of drug-likeness (QED) is 0.0839. The molecule has 5 N–H and O–H groups in total. The van der Waals surface area contributed by atoms with Crippen LogP contribution in [-0.2, 0) is 47.9 Å². The fraction of sp³-hybridized carbons (Fsp3) is 0.296. The van der Waals surface area contributed by atoms with Crippen molar-refractivity contribution in [3.05, 3.63) is 189 Å². The Balaban J connectivity index is 0.000000203. The maximum absolute atomic E-state index is 14.1. The van der Waals surface area contributed by atoms with E-state index in [1.54, 1.807) is 48.5 Å². The number of hydrogen-bond acceptors (Lipinski definition) is 8. The summed E-state index contributed by atoms with van der Waals surface area (Å²) in [5.74, 6) is -0.419. The van der Waals surface area contributed by atoms with Crippen LogP contribution in [0.25, 0.3) is 11.4 Å². The number of aryl methyl sites for hydroxylation is 1. The van der Waals surface area contributed by atoms with Gasteiger partial charge in [-0.15, -0.1) is 0 Å². The molecular weight excluding hydrogens is 922 g/mol. The molecule has 0 aliphatic rings. The highest BCUT2D eigenvalue weighted by Crippen LogP contribution is 2.27. The normalized spacial score (nSPS) is 11.3. The number of aliphatic hydroxyl groups excluding tert-OH is 2. The van der Waals surface area contributed by atoms with Gasteiger partial charge in [0.1, 0.15) is 23.2 Å². The van der Waals surface area contributed by atoms with Crippen molar-refractivity contribution in [2.24, 2.45) is 5.73 Å². The molecule has 2 heterocycles. The van der Waals surface area contributed by atoms with Crippen LogP contribution in [0.3, 0.4) is 0 Å². The van der Waals surface area contributed by atoms with Gasteiger partial charge in [-0.05, 0) is 115 Å². The molecule has 0 bridgehead atoms. The zero-order chi connectivity index (χ0) is 50.3. The van der Waals surface area contributed by atoms with Crippen LogP contribution in [0.2, 0.25) is 10.0 Å². The van der Waals surface area contributed by atoms with E-state index in [0.717, 1.165) is 34.2 Å². The van der Waals surface area contributed by atoms with Crippen molar-refractivity contribution in [1.29, 1.82) is 0 Å².